The first-order chi connectivity index (χ1) is 17.0. The SMILES string of the molecule is C=CCOC(=O)N1C[C@H](S(=O)(=O)N(C)Cc2ccc(OC)cc2)[C@@](C(=O)O)(c2ccc(F)cc2F)C1. The summed E-state index contributed by atoms with van der Waals surface area (Å²) in [6.07, 6.45) is 0.299. The number of carbonyl (C=O) groups excluding carboxylic acids is 1. The molecule has 0 radical (unpaired) electrons. The molecule has 1 aliphatic heterocycles. The average Bonchev–Trinajstić information content (AvgIpc) is 3.26. The van der Waals surface area contributed by atoms with Gasteiger partial charge in [-0.3, -0.25) is 4.79 Å². The Balaban J connectivity index is 2.08. The second-order valence-corrected chi connectivity index (χ2v) is 10.5. The topological polar surface area (TPSA) is 113 Å². The molecule has 36 heavy (non-hydrogen) atoms. The molecule has 0 saturated carbocycles. The predicted molar refractivity (Wildman–Crippen MR) is 126 cm³/mol. The Hall–Kier alpha value is -3.51. The first kappa shape index (κ1) is 27.1. The number of sulfonamides is 1. The summed E-state index contributed by atoms with van der Waals surface area (Å²) in [6, 6.07) is 8.76. The molecule has 194 valence electrons. The number of amides is 1. The number of hydrogen-bond donors (Lipinski definition) is 1. The summed E-state index contributed by atoms with van der Waals surface area (Å²) in [7, 11) is -1.74. The highest BCUT2D eigenvalue weighted by Crippen LogP contribution is 2.42. The molecule has 3 rings (SSSR count). The summed E-state index contributed by atoms with van der Waals surface area (Å²) in [5.41, 5.74) is -2.41. The van der Waals surface area contributed by atoms with Crippen LogP contribution in [0, 0.1) is 11.6 Å². The van der Waals surface area contributed by atoms with Gasteiger partial charge in [-0.05, 0) is 23.8 Å². The van der Waals surface area contributed by atoms with Crippen molar-refractivity contribution in [3.05, 3.63) is 77.9 Å². The van der Waals surface area contributed by atoms with E-state index in [0.717, 1.165) is 21.3 Å². The molecule has 1 heterocycles. The number of likely N-dealkylation sites (tertiary alicyclic amines) is 1. The number of halogens is 2. The average molecular weight is 525 g/mol. The molecule has 0 spiro atoms. The van der Waals surface area contributed by atoms with Gasteiger partial charge in [0.05, 0.1) is 7.11 Å². The van der Waals surface area contributed by atoms with E-state index in [1.54, 1.807) is 24.3 Å². The van der Waals surface area contributed by atoms with Crippen LogP contribution >= 0.6 is 0 Å². The van der Waals surface area contributed by atoms with E-state index < -0.39 is 63.0 Å². The maximum Gasteiger partial charge on any atom is 0.410 e. The first-order valence-corrected chi connectivity index (χ1v) is 12.3. The largest absolute Gasteiger partial charge is 0.497 e. The number of ether oxygens (including phenoxy) is 2. The number of methoxy groups -OCH3 is 1. The third-order valence-electron chi connectivity index (χ3n) is 6.11. The van der Waals surface area contributed by atoms with Crippen LogP contribution in [0.15, 0.2) is 55.1 Å². The maximum atomic E-state index is 14.9. The Bertz CT molecular complexity index is 1250. The fraction of sp³-hybridized carbons (Fsp3) is 0.333. The van der Waals surface area contributed by atoms with E-state index in [0.29, 0.717) is 17.4 Å². The van der Waals surface area contributed by atoms with Gasteiger partial charge in [0.2, 0.25) is 10.0 Å². The lowest BCUT2D eigenvalue weighted by atomic mass is 9.79. The number of carboxylic acid groups (broad SMARTS) is 1. The molecule has 2 aromatic rings. The van der Waals surface area contributed by atoms with Gasteiger partial charge in [-0.1, -0.05) is 30.9 Å². The summed E-state index contributed by atoms with van der Waals surface area (Å²) in [5, 5.41) is 8.49. The van der Waals surface area contributed by atoms with Crippen LogP contribution < -0.4 is 4.74 Å². The van der Waals surface area contributed by atoms with Crippen LogP contribution in [0.3, 0.4) is 0 Å². The predicted octanol–water partition coefficient (Wildman–Crippen LogP) is 2.76. The van der Waals surface area contributed by atoms with Crippen LogP contribution in [0.5, 0.6) is 5.75 Å². The lowest BCUT2D eigenvalue weighted by Gasteiger charge is -2.33. The fourth-order valence-corrected chi connectivity index (χ4v) is 6.20. The summed E-state index contributed by atoms with van der Waals surface area (Å²) < 4.78 is 67.1. The molecule has 1 N–H and O–H groups in total. The first-order valence-electron chi connectivity index (χ1n) is 10.8. The Labute approximate surface area is 207 Å². The third kappa shape index (κ3) is 5.05. The van der Waals surface area contributed by atoms with Crippen molar-refractivity contribution in [2.75, 3.05) is 33.9 Å². The van der Waals surface area contributed by atoms with E-state index >= 15 is 0 Å². The van der Waals surface area contributed by atoms with E-state index in [1.165, 1.54) is 20.2 Å². The van der Waals surface area contributed by atoms with Gasteiger partial charge in [-0.15, -0.1) is 0 Å². The Morgan fingerprint density at radius 3 is 2.47 bits per heavy atom. The van der Waals surface area contributed by atoms with Crippen molar-refractivity contribution in [1.82, 2.24) is 9.21 Å². The van der Waals surface area contributed by atoms with Crippen molar-refractivity contribution in [3.63, 3.8) is 0 Å². The van der Waals surface area contributed by atoms with Gasteiger partial charge < -0.3 is 19.5 Å². The molecule has 0 unspecified atom stereocenters. The van der Waals surface area contributed by atoms with E-state index in [9.17, 15) is 31.9 Å². The number of hydrogen-bond acceptors (Lipinski definition) is 6. The zero-order valence-corrected chi connectivity index (χ0v) is 20.5. The van der Waals surface area contributed by atoms with E-state index in [2.05, 4.69) is 6.58 Å². The van der Waals surface area contributed by atoms with Gasteiger partial charge >= 0.3 is 12.1 Å². The summed E-state index contributed by atoms with van der Waals surface area (Å²) in [5.74, 6) is -3.33. The van der Waals surface area contributed by atoms with Crippen LogP contribution in [0.2, 0.25) is 0 Å². The molecule has 1 amide bonds. The van der Waals surface area contributed by atoms with Crippen LogP contribution in [0.4, 0.5) is 13.6 Å². The van der Waals surface area contributed by atoms with Crippen LogP contribution in [0.25, 0.3) is 0 Å². The molecule has 0 aliphatic carbocycles. The van der Waals surface area contributed by atoms with Crippen molar-refractivity contribution in [1.29, 1.82) is 0 Å². The molecule has 12 heteroatoms. The van der Waals surface area contributed by atoms with Crippen molar-refractivity contribution in [2.45, 2.75) is 17.2 Å². The number of carbonyl (C=O) groups is 2. The van der Waals surface area contributed by atoms with Gasteiger partial charge in [0.1, 0.15) is 34.7 Å². The molecule has 2 atom stereocenters. The lowest BCUT2D eigenvalue weighted by Crippen LogP contribution is -2.53. The minimum absolute atomic E-state index is 0.134. The standard InChI is InChI=1S/C24H26F2N2O7S/c1-4-11-35-23(31)28-14-21(24(15-28,22(29)30)19-10-7-17(25)12-20(19)26)36(32,33)27(2)13-16-5-8-18(34-3)9-6-16/h4-10,12,21H,1,11,13-15H2,2-3H3,(H,29,30)/t21-,24-/m0/s1. The number of nitrogens with zero attached hydrogens (tertiary/aromatic N) is 2. The van der Waals surface area contributed by atoms with Crippen LogP contribution in [-0.2, 0) is 31.5 Å². The zero-order chi connectivity index (χ0) is 26.7. The molecule has 1 fully saturated rings. The number of aliphatic carboxylic acids is 1. The van der Waals surface area contributed by atoms with Crippen LogP contribution in [0.1, 0.15) is 11.1 Å². The smallest absolute Gasteiger partial charge is 0.410 e. The number of carboxylic acids is 1. The van der Waals surface area contributed by atoms with Gasteiger partial charge in [0.25, 0.3) is 0 Å². The van der Waals surface area contributed by atoms with Crippen molar-refractivity contribution in [2.24, 2.45) is 0 Å². The highest BCUT2D eigenvalue weighted by atomic mass is 32.2. The molecule has 1 aliphatic rings. The Morgan fingerprint density at radius 1 is 1.25 bits per heavy atom. The molecular weight excluding hydrogens is 498 g/mol. The second kappa shape index (κ2) is 10.6. The monoisotopic (exact) mass is 524 g/mol. The number of rotatable bonds is 9. The Morgan fingerprint density at radius 2 is 1.92 bits per heavy atom. The number of benzene rings is 2. The summed E-state index contributed by atoms with van der Waals surface area (Å²) in [4.78, 5) is 26.2. The molecule has 1 saturated heterocycles. The molecule has 2 aromatic carbocycles. The highest BCUT2D eigenvalue weighted by molar-refractivity contribution is 7.89. The van der Waals surface area contributed by atoms with Crippen LogP contribution in [-0.4, -0.2) is 73.9 Å². The van der Waals surface area contributed by atoms with Crippen molar-refractivity contribution < 1.29 is 41.4 Å². The maximum absolute atomic E-state index is 14.9. The van der Waals surface area contributed by atoms with Crippen molar-refractivity contribution in [3.8, 4) is 5.75 Å². The highest BCUT2D eigenvalue weighted by Gasteiger charge is 2.62. The molecule has 0 bridgehead atoms. The van der Waals surface area contributed by atoms with E-state index in [4.69, 9.17) is 9.47 Å². The normalized spacial score (nSPS) is 19.8. The van der Waals surface area contributed by atoms with Gasteiger partial charge in [-0.25, -0.2) is 26.3 Å². The van der Waals surface area contributed by atoms with E-state index in [1.807, 2.05) is 0 Å². The molecular formula is C24H26F2N2O7S. The quantitative estimate of drug-likeness (QED) is 0.502. The minimum atomic E-state index is -4.48. The van der Waals surface area contributed by atoms with E-state index in [-0.39, 0.29) is 13.2 Å². The lowest BCUT2D eigenvalue weighted by molar-refractivity contribution is -0.143. The molecule has 0 aromatic heterocycles. The van der Waals surface area contributed by atoms with Gasteiger partial charge in [0.15, 0.2) is 0 Å². The fourth-order valence-electron chi connectivity index (χ4n) is 4.26. The van der Waals surface area contributed by atoms with Gasteiger partial charge in [0, 0.05) is 38.3 Å². The van der Waals surface area contributed by atoms with Crippen molar-refractivity contribution >= 4 is 22.1 Å². The minimum Gasteiger partial charge on any atom is -0.497 e. The second-order valence-electron chi connectivity index (χ2n) is 8.28. The zero-order valence-electron chi connectivity index (χ0n) is 19.7. The van der Waals surface area contributed by atoms with Gasteiger partial charge in [-0.2, -0.15) is 0 Å². The summed E-state index contributed by atoms with van der Waals surface area (Å²) >= 11 is 0. The molecule has 9 nitrogen and oxygen atoms in total. The third-order valence-corrected chi connectivity index (χ3v) is 8.38. The Kier molecular flexibility index (Phi) is 7.99. The summed E-state index contributed by atoms with van der Waals surface area (Å²) in [6.45, 7) is 1.80.